The van der Waals surface area contributed by atoms with E-state index < -0.39 is 29.1 Å². The van der Waals surface area contributed by atoms with E-state index in [-0.39, 0.29) is 30.2 Å². The molecule has 35 heavy (non-hydrogen) atoms. The Morgan fingerprint density at radius 3 is 2.57 bits per heavy atom. The molecule has 1 spiro atoms. The lowest BCUT2D eigenvalue weighted by molar-refractivity contribution is -0.146. The Morgan fingerprint density at radius 1 is 1.17 bits per heavy atom. The normalized spacial score (nSPS) is 33.2. The number of carbonyl (C=O) groups excluding carboxylic acids is 3. The molecule has 0 aromatic heterocycles. The summed E-state index contributed by atoms with van der Waals surface area (Å²) in [7, 11) is 1.58. The number of unbranched alkanes of at least 4 members (excludes halogenated alkanes) is 3. The van der Waals surface area contributed by atoms with Crippen molar-refractivity contribution in [3.8, 4) is 0 Å². The van der Waals surface area contributed by atoms with Gasteiger partial charge in [0.1, 0.15) is 11.6 Å². The fourth-order valence-electron chi connectivity index (χ4n) is 6.65. The van der Waals surface area contributed by atoms with Gasteiger partial charge >= 0.3 is 0 Å². The number of amides is 3. The van der Waals surface area contributed by atoms with Crippen LogP contribution in [0.15, 0.2) is 18.2 Å². The van der Waals surface area contributed by atoms with Crippen molar-refractivity contribution in [3.63, 3.8) is 0 Å². The number of hydrogen-bond donors (Lipinski definition) is 3. The van der Waals surface area contributed by atoms with Crippen LogP contribution in [0.4, 0.5) is 5.69 Å². The molecule has 0 aliphatic carbocycles. The average molecular weight is 486 g/mol. The molecule has 3 saturated heterocycles. The fourth-order valence-corrected chi connectivity index (χ4v) is 6.65. The Labute approximate surface area is 207 Å². The van der Waals surface area contributed by atoms with Crippen molar-refractivity contribution < 1.29 is 24.2 Å². The van der Waals surface area contributed by atoms with E-state index in [9.17, 15) is 14.4 Å². The lowest BCUT2D eigenvalue weighted by Gasteiger charge is -2.36. The van der Waals surface area contributed by atoms with E-state index >= 15 is 0 Å². The average Bonchev–Trinajstić information content (AvgIpc) is 3.32. The summed E-state index contributed by atoms with van der Waals surface area (Å²) in [5, 5.41) is 14.9. The quantitative estimate of drug-likeness (QED) is 0.466. The highest BCUT2D eigenvalue weighted by molar-refractivity contribution is 6.04. The van der Waals surface area contributed by atoms with E-state index in [1.165, 1.54) is 0 Å². The zero-order valence-electron chi connectivity index (χ0n) is 21.5. The van der Waals surface area contributed by atoms with Crippen LogP contribution in [0.1, 0.15) is 57.1 Å². The maximum absolute atomic E-state index is 13.9. The van der Waals surface area contributed by atoms with Crippen molar-refractivity contribution in [1.82, 2.24) is 10.2 Å². The van der Waals surface area contributed by atoms with Gasteiger partial charge in [-0.3, -0.25) is 14.4 Å². The van der Waals surface area contributed by atoms with Crippen LogP contribution >= 0.6 is 0 Å². The third-order valence-electron chi connectivity index (χ3n) is 8.55. The molecule has 0 radical (unpaired) electrons. The Hall–Kier alpha value is -2.45. The number of aryl methyl sites for hydroxylation is 2. The highest BCUT2D eigenvalue weighted by atomic mass is 16.5. The summed E-state index contributed by atoms with van der Waals surface area (Å²) in [5.41, 5.74) is 0.864. The van der Waals surface area contributed by atoms with Crippen LogP contribution in [0.5, 0.6) is 0 Å². The first-order valence-electron chi connectivity index (χ1n) is 12.8. The van der Waals surface area contributed by atoms with E-state index in [0.717, 1.165) is 42.5 Å². The molecule has 6 atom stereocenters. The number of rotatable bonds is 9. The standard InChI is InChI=1S/C27H39N3O5/c1-16-10-11-17(2)19(14-16)29-24(33)22-27-15-18(3)26(4,35-27)20(23(32)28-5)21(27)25(34)30(22)12-8-6-7-9-13-31/h10-11,14,18,20-22,31H,6-9,12-13,15H2,1-5H3,(H,28,32)(H,29,33)/t18?,20-,21-,22?,26+,27?/m0/s1. The Bertz CT molecular complexity index is 1010. The second kappa shape index (κ2) is 9.54. The summed E-state index contributed by atoms with van der Waals surface area (Å²) >= 11 is 0. The zero-order valence-corrected chi connectivity index (χ0v) is 21.5. The predicted molar refractivity (Wildman–Crippen MR) is 133 cm³/mol. The molecule has 3 aliphatic heterocycles. The fraction of sp³-hybridized carbons (Fsp3) is 0.667. The van der Waals surface area contributed by atoms with Crippen LogP contribution in [-0.4, -0.2) is 65.2 Å². The number of benzene rings is 1. The molecule has 1 aromatic carbocycles. The molecule has 3 amide bonds. The van der Waals surface area contributed by atoms with Crippen molar-refractivity contribution in [2.45, 2.75) is 77.0 Å². The van der Waals surface area contributed by atoms with Crippen LogP contribution < -0.4 is 10.6 Å². The van der Waals surface area contributed by atoms with Gasteiger partial charge in [-0.05, 0) is 63.1 Å². The number of hydrogen-bond acceptors (Lipinski definition) is 5. The second-order valence-corrected chi connectivity index (χ2v) is 10.8. The van der Waals surface area contributed by atoms with Gasteiger partial charge in [-0.15, -0.1) is 0 Å². The summed E-state index contributed by atoms with van der Waals surface area (Å²) < 4.78 is 6.67. The lowest BCUT2D eigenvalue weighted by Crippen LogP contribution is -2.54. The predicted octanol–water partition coefficient (Wildman–Crippen LogP) is 2.55. The van der Waals surface area contributed by atoms with E-state index in [1.54, 1.807) is 11.9 Å². The van der Waals surface area contributed by atoms with E-state index in [2.05, 4.69) is 10.6 Å². The number of anilines is 1. The SMILES string of the molecule is CNC(=O)[C@@H]1[C@H]2C(=O)N(CCCCCCO)C(C(=O)Nc3cc(C)ccc3C)C23CC(C)[C@@]1(C)O3. The van der Waals surface area contributed by atoms with Crippen LogP contribution in [0.3, 0.4) is 0 Å². The third kappa shape index (κ3) is 4.04. The van der Waals surface area contributed by atoms with Crippen LogP contribution in [0.2, 0.25) is 0 Å². The number of nitrogens with zero attached hydrogens (tertiary/aromatic N) is 1. The highest BCUT2D eigenvalue weighted by Crippen LogP contribution is 2.65. The van der Waals surface area contributed by atoms with Gasteiger partial charge in [0.25, 0.3) is 0 Å². The zero-order chi connectivity index (χ0) is 25.5. The molecule has 0 saturated carbocycles. The van der Waals surface area contributed by atoms with Gasteiger partial charge < -0.3 is 25.4 Å². The van der Waals surface area contributed by atoms with Crippen molar-refractivity contribution in [3.05, 3.63) is 29.3 Å². The minimum absolute atomic E-state index is 0.0226. The smallest absolute Gasteiger partial charge is 0.250 e. The molecule has 192 valence electrons. The molecule has 2 bridgehead atoms. The molecule has 3 aliphatic rings. The van der Waals surface area contributed by atoms with E-state index in [1.807, 2.05) is 45.9 Å². The van der Waals surface area contributed by atoms with Crippen molar-refractivity contribution in [2.24, 2.45) is 17.8 Å². The minimum atomic E-state index is -1.03. The number of fused-ring (bicyclic) bond motifs is 1. The van der Waals surface area contributed by atoms with Crippen LogP contribution in [0.25, 0.3) is 0 Å². The highest BCUT2D eigenvalue weighted by Gasteiger charge is 2.79. The summed E-state index contributed by atoms with van der Waals surface area (Å²) in [5.74, 6) is -1.95. The molecule has 8 heteroatoms. The van der Waals surface area contributed by atoms with Gasteiger partial charge in [0.15, 0.2) is 0 Å². The maximum atomic E-state index is 13.9. The lowest BCUT2D eigenvalue weighted by atomic mass is 9.62. The number of ether oxygens (including phenoxy) is 1. The summed E-state index contributed by atoms with van der Waals surface area (Å²) in [6.07, 6.45) is 3.70. The third-order valence-corrected chi connectivity index (χ3v) is 8.55. The van der Waals surface area contributed by atoms with Gasteiger partial charge in [0.2, 0.25) is 17.7 Å². The number of aliphatic hydroxyl groups excluding tert-OH is 1. The first-order valence-corrected chi connectivity index (χ1v) is 12.8. The second-order valence-electron chi connectivity index (χ2n) is 10.8. The van der Waals surface area contributed by atoms with Crippen LogP contribution in [-0.2, 0) is 19.1 Å². The van der Waals surface area contributed by atoms with Gasteiger partial charge in [-0.1, -0.05) is 31.9 Å². The molecule has 3 N–H and O–H groups in total. The first-order chi connectivity index (χ1) is 16.6. The Balaban J connectivity index is 1.70. The van der Waals surface area contributed by atoms with Crippen molar-refractivity contribution >= 4 is 23.4 Å². The summed E-state index contributed by atoms with van der Waals surface area (Å²) in [6.45, 7) is 8.44. The number of likely N-dealkylation sites (tertiary alicyclic amines) is 1. The molecule has 3 unspecified atom stereocenters. The molecule has 4 rings (SSSR count). The van der Waals surface area contributed by atoms with Gasteiger partial charge in [0, 0.05) is 25.9 Å². The first kappa shape index (κ1) is 25.6. The number of nitrogens with one attached hydrogen (secondary N) is 2. The van der Waals surface area contributed by atoms with Crippen LogP contribution in [0, 0.1) is 31.6 Å². The summed E-state index contributed by atoms with van der Waals surface area (Å²) in [6, 6.07) is 5.09. The molecule has 3 heterocycles. The molecule has 8 nitrogen and oxygen atoms in total. The number of carbonyl (C=O) groups is 3. The Kier molecular flexibility index (Phi) is 6.99. The van der Waals surface area contributed by atoms with E-state index in [0.29, 0.717) is 13.0 Å². The van der Waals surface area contributed by atoms with Crippen molar-refractivity contribution in [1.29, 1.82) is 0 Å². The maximum Gasteiger partial charge on any atom is 0.250 e. The largest absolute Gasteiger partial charge is 0.396 e. The Morgan fingerprint density at radius 2 is 1.89 bits per heavy atom. The minimum Gasteiger partial charge on any atom is -0.396 e. The molecular formula is C27H39N3O5. The molecular weight excluding hydrogens is 446 g/mol. The monoisotopic (exact) mass is 485 g/mol. The van der Waals surface area contributed by atoms with E-state index in [4.69, 9.17) is 9.84 Å². The summed E-state index contributed by atoms with van der Waals surface area (Å²) in [4.78, 5) is 42.5. The van der Waals surface area contributed by atoms with Gasteiger partial charge in [0.05, 0.1) is 17.4 Å². The molecule has 3 fully saturated rings. The van der Waals surface area contributed by atoms with Crippen molar-refractivity contribution in [2.75, 3.05) is 25.5 Å². The van der Waals surface area contributed by atoms with Gasteiger partial charge in [-0.25, -0.2) is 0 Å². The number of aliphatic hydroxyl groups is 1. The molecule has 1 aromatic rings. The topological polar surface area (TPSA) is 108 Å². The van der Waals surface area contributed by atoms with Gasteiger partial charge in [-0.2, -0.15) is 0 Å².